The van der Waals surface area contributed by atoms with Gasteiger partial charge in [0.1, 0.15) is 11.0 Å². The lowest BCUT2D eigenvalue weighted by molar-refractivity contribution is -0.143. The number of hydrogen-bond donors (Lipinski definition) is 1. The second-order valence-electron chi connectivity index (χ2n) is 5.05. The van der Waals surface area contributed by atoms with Crippen LogP contribution in [0.25, 0.3) is 0 Å². The van der Waals surface area contributed by atoms with E-state index in [0.29, 0.717) is 28.7 Å². The van der Waals surface area contributed by atoms with Crippen LogP contribution in [-0.4, -0.2) is 22.5 Å². The molecule has 0 spiro atoms. The minimum Gasteiger partial charge on any atom is -0.382 e. The molecule has 0 amide bonds. The summed E-state index contributed by atoms with van der Waals surface area (Å²) in [6, 6.07) is 0. The van der Waals surface area contributed by atoms with E-state index in [4.69, 9.17) is 0 Å². The Labute approximate surface area is 123 Å². The summed E-state index contributed by atoms with van der Waals surface area (Å²) in [7, 11) is 0. The summed E-state index contributed by atoms with van der Waals surface area (Å²) in [5.74, 6) is 0.819. The smallest absolute Gasteiger partial charge is 0.382 e. The van der Waals surface area contributed by atoms with Gasteiger partial charge < -0.3 is 5.32 Å². The first-order chi connectivity index (χ1) is 9.11. The third kappa shape index (κ3) is 4.81. The van der Waals surface area contributed by atoms with Crippen molar-refractivity contribution in [1.82, 2.24) is 9.78 Å². The molecule has 0 aliphatic rings. The molecular weight excluding hydrogens is 339 g/mol. The summed E-state index contributed by atoms with van der Waals surface area (Å²) in [5, 5.41) is 6.56. The molecule has 20 heavy (non-hydrogen) atoms. The molecule has 0 saturated carbocycles. The first-order valence-electron chi connectivity index (χ1n) is 6.18. The van der Waals surface area contributed by atoms with Gasteiger partial charge >= 0.3 is 6.18 Å². The molecule has 1 rings (SSSR count). The van der Waals surface area contributed by atoms with E-state index in [0.717, 1.165) is 0 Å². The largest absolute Gasteiger partial charge is 0.408 e. The zero-order valence-electron chi connectivity index (χ0n) is 11.5. The number of alkyl halides is 3. The highest BCUT2D eigenvalue weighted by molar-refractivity contribution is 9.10. The molecule has 0 fully saturated rings. The number of nitrogens with one attached hydrogen (secondary N) is 1. The molecule has 1 atom stereocenters. The van der Waals surface area contributed by atoms with Crippen LogP contribution in [0.3, 0.4) is 0 Å². The number of anilines is 1. The Morgan fingerprint density at radius 3 is 2.50 bits per heavy atom. The van der Waals surface area contributed by atoms with E-state index < -0.39 is 18.3 Å². The van der Waals surface area contributed by atoms with Crippen molar-refractivity contribution in [3.8, 4) is 0 Å². The van der Waals surface area contributed by atoms with E-state index in [2.05, 4.69) is 40.2 Å². The normalized spacial score (nSPS) is 13.6. The third-order valence-electron chi connectivity index (χ3n) is 3.07. The zero-order chi connectivity index (χ0) is 15.5. The van der Waals surface area contributed by atoms with Gasteiger partial charge in [0, 0.05) is 6.54 Å². The van der Waals surface area contributed by atoms with Gasteiger partial charge in [-0.3, -0.25) is 4.79 Å². The molecule has 0 aliphatic heterocycles. The Kier molecular flexibility index (Phi) is 5.61. The minimum atomic E-state index is -4.47. The molecule has 1 heterocycles. The quantitative estimate of drug-likeness (QED) is 0.881. The topological polar surface area (TPSA) is 46.9 Å². The fourth-order valence-corrected chi connectivity index (χ4v) is 1.82. The van der Waals surface area contributed by atoms with Crippen LogP contribution in [0.15, 0.2) is 15.5 Å². The number of aromatic nitrogens is 2. The summed E-state index contributed by atoms with van der Waals surface area (Å²) in [4.78, 5) is 11.8. The van der Waals surface area contributed by atoms with E-state index >= 15 is 0 Å². The van der Waals surface area contributed by atoms with E-state index in [9.17, 15) is 18.0 Å². The number of halogens is 4. The van der Waals surface area contributed by atoms with Crippen LogP contribution in [-0.2, 0) is 6.54 Å². The number of rotatable bonds is 5. The highest BCUT2D eigenvalue weighted by atomic mass is 79.9. The van der Waals surface area contributed by atoms with E-state index in [1.54, 1.807) is 0 Å². The average Bonchev–Trinajstić information content (AvgIpc) is 2.32. The van der Waals surface area contributed by atoms with Gasteiger partial charge in [0.15, 0.2) is 0 Å². The molecule has 8 heteroatoms. The zero-order valence-corrected chi connectivity index (χ0v) is 13.0. The Morgan fingerprint density at radius 1 is 1.40 bits per heavy atom. The summed E-state index contributed by atoms with van der Waals surface area (Å²) in [6.07, 6.45) is -3.25. The predicted octanol–water partition coefficient (Wildman–Crippen LogP) is 3.27. The average molecular weight is 356 g/mol. The molecule has 0 bridgehead atoms. The molecule has 1 N–H and O–H groups in total. The van der Waals surface area contributed by atoms with Crippen molar-refractivity contribution in [1.29, 1.82) is 0 Å². The van der Waals surface area contributed by atoms with Crippen molar-refractivity contribution in [3.05, 3.63) is 21.0 Å². The second kappa shape index (κ2) is 6.60. The van der Waals surface area contributed by atoms with Gasteiger partial charge in [0.25, 0.3) is 5.56 Å². The third-order valence-corrected chi connectivity index (χ3v) is 3.83. The molecule has 0 radical (unpaired) electrons. The highest BCUT2D eigenvalue weighted by Crippen LogP contribution is 2.20. The molecule has 0 aromatic carbocycles. The number of nitrogens with zero attached hydrogens (tertiary/aromatic N) is 2. The van der Waals surface area contributed by atoms with Gasteiger partial charge in [-0.15, -0.1) is 0 Å². The second-order valence-corrected chi connectivity index (χ2v) is 5.85. The fourth-order valence-electron chi connectivity index (χ4n) is 1.38. The maximum Gasteiger partial charge on any atom is 0.408 e. The van der Waals surface area contributed by atoms with Crippen LogP contribution in [0.2, 0.25) is 0 Å². The van der Waals surface area contributed by atoms with Crippen molar-refractivity contribution in [2.75, 3.05) is 11.9 Å². The van der Waals surface area contributed by atoms with Crippen LogP contribution < -0.4 is 10.9 Å². The lowest BCUT2D eigenvalue weighted by Crippen LogP contribution is -2.31. The fraction of sp³-hybridized carbons (Fsp3) is 0.667. The van der Waals surface area contributed by atoms with Crippen LogP contribution in [0, 0.1) is 11.8 Å². The Balaban J connectivity index is 2.87. The lowest BCUT2D eigenvalue weighted by Gasteiger charge is -2.17. The molecule has 114 valence electrons. The van der Waals surface area contributed by atoms with Crippen LogP contribution in [0.4, 0.5) is 18.9 Å². The molecule has 1 aromatic heterocycles. The van der Waals surface area contributed by atoms with E-state index in [1.807, 2.05) is 6.92 Å². The van der Waals surface area contributed by atoms with Crippen molar-refractivity contribution < 1.29 is 13.2 Å². The van der Waals surface area contributed by atoms with Crippen molar-refractivity contribution >= 4 is 21.6 Å². The Morgan fingerprint density at radius 2 is 2.00 bits per heavy atom. The van der Waals surface area contributed by atoms with Gasteiger partial charge in [-0.2, -0.15) is 18.3 Å². The Bertz CT molecular complexity index is 514. The van der Waals surface area contributed by atoms with Gasteiger partial charge in [-0.25, -0.2) is 4.68 Å². The predicted molar refractivity (Wildman–Crippen MR) is 74.7 cm³/mol. The maximum atomic E-state index is 12.3. The summed E-state index contributed by atoms with van der Waals surface area (Å²) < 4.78 is 37.2. The molecule has 4 nitrogen and oxygen atoms in total. The lowest BCUT2D eigenvalue weighted by atomic mass is 9.98. The first-order valence-corrected chi connectivity index (χ1v) is 6.97. The summed E-state index contributed by atoms with van der Waals surface area (Å²) >= 11 is 3.02. The monoisotopic (exact) mass is 355 g/mol. The molecule has 1 unspecified atom stereocenters. The summed E-state index contributed by atoms with van der Waals surface area (Å²) in [6.45, 7) is 5.40. The van der Waals surface area contributed by atoms with Gasteiger partial charge in [0.05, 0.1) is 11.9 Å². The van der Waals surface area contributed by atoms with Crippen molar-refractivity contribution in [2.45, 2.75) is 33.5 Å². The highest BCUT2D eigenvalue weighted by Gasteiger charge is 2.29. The molecule has 0 aliphatic carbocycles. The molecule has 1 aromatic rings. The van der Waals surface area contributed by atoms with Gasteiger partial charge in [-0.05, 0) is 27.8 Å². The van der Waals surface area contributed by atoms with Gasteiger partial charge in [0.2, 0.25) is 0 Å². The van der Waals surface area contributed by atoms with Crippen LogP contribution >= 0.6 is 15.9 Å². The van der Waals surface area contributed by atoms with E-state index in [1.165, 1.54) is 6.20 Å². The maximum absolute atomic E-state index is 12.3. The minimum absolute atomic E-state index is 0.0627. The standard InChI is InChI=1S/C12H17BrF3N3O/c1-7(2)8(3)4-17-9-5-18-19(6-12(14,15)16)11(20)10(9)13/h5,7-8,17H,4,6H2,1-3H3. The van der Waals surface area contributed by atoms with Crippen molar-refractivity contribution in [2.24, 2.45) is 11.8 Å². The van der Waals surface area contributed by atoms with Crippen LogP contribution in [0.5, 0.6) is 0 Å². The van der Waals surface area contributed by atoms with Gasteiger partial charge in [-0.1, -0.05) is 20.8 Å². The molecular formula is C12H17BrF3N3O. The van der Waals surface area contributed by atoms with E-state index in [-0.39, 0.29) is 4.47 Å². The van der Waals surface area contributed by atoms with Crippen LogP contribution in [0.1, 0.15) is 20.8 Å². The Hall–Kier alpha value is -1.05. The number of hydrogen-bond acceptors (Lipinski definition) is 3. The first kappa shape index (κ1) is 17.0. The SMILES string of the molecule is CC(C)C(C)CNc1cnn(CC(F)(F)F)c(=O)c1Br. The van der Waals surface area contributed by atoms with Crippen molar-refractivity contribution in [3.63, 3.8) is 0 Å². The summed E-state index contributed by atoms with van der Waals surface area (Å²) in [5.41, 5.74) is -0.398. The molecule has 0 saturated heterocycles.